The lowest BCUT2D eigenvalue weighted by molar-refractivity contribution is -0.143. The summed E-state index contributed by atoms with van der Waals surface area (Å²) in [5.74, 6) is 1.08. The van der Waals surface area contributed by atoms with Crippen LogP contribution in [-0.4, -0.2) is 44.9 Å². The van der Waals surface area contributed by atoms with Crippen LogP contribution < -0.4 is 14.4 Å². The van der Waals surface area contributed by atoms with Gasteiger partial charge in [0, 0.05) is 36.4 Å². The Bertz CT molecular complexity index is 1150. The Kier molecular flexibility index (Phi) is 8.86. The molecule has 0 radical (unpaired) electrons. The standard InChI is InChI=1S/C27H32F6N2O4/c1-15(2)13-34-16(3)7-21(20-11-23(37-4)24(38-5)12-22(20)34)35(25(36)39-6)14-17-8-18(26(28,29)30)10-19(9-17)27(31,32)33/h8-12,15-16,21H,7,13-14H2,1-6H3/t16-,21+/m0/s1. The Morgan fingerprint density at radius 1 is 0.949 bits per heavy atom. The number of anilines is 1. The van der Waals surface area contributed by atoms with E-state index in [4.69, 9.17) is 14.2 Å². The zero-order chi connectivity index (χ0) is 29.3. The number of alkyl halides is 6. The van der Waals surface area contributed by atoms with E-state index < -0.39 is 42.2 Å². The van der Waals surface area contributed by atoms with E-state index in [0.29, 0.717) is 42.2 Å². The molecule has 0 aromatic heterocycles. The third-order valence-electron chi connectivity index (χ3n) is 6.65. The molecule has 216 valence electrons. The first-order chi connectivity index (χ1) is 18.1. The molecule has 6 nitrogen and oxygen atoms in total. The molecule has 0 spiro atoms. The number of rotatable bonds is 7. The van der Waals surface area contributed by atoms with Crippen LogP contribution in [0.4, 0.5) is 36.8 Å². The lowest BCUT2D eigenvalue weighted by atomic mass is 9.89. The Morgan fingerprint density at radius 3 is 1.95 bits per heavy atom. The molecular weight excluding hydrogens is 530 g/mol. The van der Waals surface area contributed by atoms with E-state index in [9.17, 15) is 31.1 Å². The summed E-state index contributed by atoms with van der Waals surface area (Å²) in [7, 11) is 4.03. The zero-order valence-corrected chi connectivity index (χ0v) is 22.5. The van der Waals surface area contributed by atoms with Gasteiger partial charge in [0.1, 0.15) is 0 Å². The minimum Gasteiger partial charge on any atom is -0.493 e. The first-order valence-electron chi connectivity index (χ1n) is 12.3. The van der Waals surface area contributed by atoms with Gasteiger partial charge in [0.05, 0.1) is 38.5 Å². The number of ether oxygens (including phenoxy) is 3. The largest absolute Gasteiger partial charge is 0.493 e. The fourth-order valence-electron chi connectivity index (χ4n) is 4.91. The van der Waals surface area contributed by atoms with E-state index in [0.717, 1.165) is 17.7 Å². The van der Waals surface area contributed by atoms with E-state index in [-0.39, 0.29) is 23.6 Å². The van der Waals surface area contributed by atoms with Crippen molar-refractivity contribution in [3.05, 3.63) is 52.6 Å². The summed E-state index contributed by atoms with van der Waals surface area (Å²) in [5.41, 5.74) is -1.91. The summed E-state index contributed by atoms with van der Waals surface area (Å²) in [6.45, 7) is 6.15. The second-order valence-electron chi connectivity index (χ2n) is 9.92. The number of halogens is 6. The van der Waals surface area contributed by atoms with Gasteiger partial charge in [-0.1, -0.05) is 13.8 Å². The Hall–Kier alpha value is -3.31. The van der Waals surface area contributed by atoms with Crippen molar-refractivity contribution < 1.29 is 45.3 Å². The number of fused-ring (bicyclic) bond motifs is 1. The number of hydrogen-bond donors (Lipinski definition) is 0. The number of carbonyl (C=O) groups is 1. The quantitative estimate of drug-likeness (QED) is 0.332. The van der Waals surface area contributed by atoms with Gasteiger partial charge in [-0.2, -0.15) is 26.3 Å². The first-order valence-corrected chi connectivity index (χ1v) is 12.3. The molecular formula is C27H32F6N2O4. The van der Waals surface area contributed by atoms with Crippen molar-refractivity contribution in [3.8, 4) is 11.5 Å². The van der Waals surface area contributed by atoms with E-state index >= 15 is 0 Å². The van der Waals surface area contributed by atoms with Crippen molar-refractivity contribution in [2.45, 2.75) is 58.2 Å². The van der Waals surface area contributed by atoms with E-state index in [2.05, 4.69) is 4.90 Å². The monoisotopic (exact) mass is 562 g/mol. The number of benzene rings is 2. The van der Waals surface area contributed by atoms with Crippen molar-refractivity contribution >= 4 is 11.8 Å². The zero-order valence-electron chi connectivity index (χ0n) is 22.5. The smallest absolute Gasteiger partial charge is 0.416 e. The molecule has 1 heterocycles. The highest BCUT2D eigenvalue weighted by Crippen LogP contribution is 2.47. The normalized spacial score (nSPS) is 17.6. The van der Waals surface area contributed by atoms with Crippen LogP contribution in [-0.2, 0) is 23.6 Å². The van der Waals surface area contributed by atoms with Crippen LogP contribution >= 0.6 is 0 Å². The van der Waals surface area contributed by atoms with Crippen LogP contribution in [0, 0.1) is 5.92 Å². The van der Waals surface area contributed by atoms with Gasteiger partial charge in [0.15, 0.2) is 11.5 Å². The summed E-state index contributed by atoms with van der Waals surface area (Å²) >= 11 is 0. The lowest BCUT2D eigenvalue weighted by Gasteiger charge is -2.45. The molecule has 0 unspecified atom stereocenters. The second kappa shape index (κ2) is 11.4. The summed E-state index contributed by atoms with van der Waals surface area (Å²) < 4.78 is 96.9. The molecule has 0 N–H and O–H groups in total. The molecule has 39 heavy (non-hydrogen) atoms. The van der Waals surface area contributed by atoms with Crippen LogP contribution in [0.3, 0.4) is 0 Å². The molecule has 2 aromatic rings. The van der Waals surface area contributed by atoms with E-state index in [1.54, 1.807) is 12.1 Å². The summed E-state index contributed by atoms with van der Waals surface area (Å²) in [6.07, 6.45) is -10.6. The molecule has 2 aromatic carbocycles. The van der Waals surface area contributed by atoms with Crippen LogP contribution in [0.25, 0.3) is 0 Å². The van der Waals surface area contributed by atoms with Gasteiger partial charge in [-0.25, -0.2) is 4.79 Å². The third kappa shape index (κ3) is 6.65. The fraction of sp³-hybridized carbons (Fsp3) is 0.519. The highest BCUT2D eigenvalue weighted by atomic mass is 19.4. The number of nitrogens with zero attached hydrogens (tertiary/aromatic N) is 2. The van der Waals surface area contributed by atoms with Crippen molar-refractivity contribution in [1.29, 1.82) is 0 Å². The Morgan fingerprint density at radius 2 is 1.49 bits per heavy atom. The minimum absolute atomic E-state index is 0.0604. The van der Waals surface area contributed by atoms with Gasteiger partial charge >= 0.3 is 18.4 Å². The van der Waals surface area contributed by atoms with E-state index in [1.807, 2.05) is 20.8 Å². The third-order valence-corrected chi connectivity index (χ3v) is 6.65. The number of methoxy groups -OCH3 is 3. The SMILES string of the molecule is COC(=O)N(Cc1cc(C(F)(F)F)cc(C(F)(F)F)c1)[C@@H]1C[C@H](C)N(CC(C)C)c2cc(OC)c(OC)cc21. The number of hydrogen-bond acceptors (Lipinski definition) is 5. The second-order valence-corrected chi connectivity index (χ2v) is 9.92. The molecule has 2 atom stereocenters. The van der Waals surface area contributed by atoms with Crippen LogP contribution in [0.5, 0.6) is 11.5 Å². The van der Waals surface area contributed by atoms with Gasteiger partial charge in [0.2, 0.25) is 0 Å². The van der Waals surface area contributed by atoms with Gasteiger partial charge in [-0.05, 0) is 49.1 Å². The maximum atomic E-state index is 13.5. The molecule has 1 aliphatic rings. The molecule has 0 saturated carbocycles. The summed E-state index contributed by atoms with van der Waals surface area (Å²) in [4.78, 5) is 16.3. The van der Waals surface area contributed by atoms with Gasteiger partial charge < -0.3 is 19.1 Å². The van der Waals surface area contributed by atoms with Crippen molar-refractivity contribution in [2.75, 3.05) is 32.8 Å². The maximum absolute atomic E-state index is 13.5. The molecule has 0 fully saturated rings. The average molecular weight is 563 g/mol. The lowest BCUT2D eigenvalue weighted by Crippen LogP contribution is -2.46. The minimum atomic E-state index is -5.01. The highest BCUT2D eigenvalue weighted by Gasteiger charge is 2.40. The van der Waals surface area contributed by atoms with Crippen molar-refractivity contribution in [1.82, 2.24) is 4.90 Å². The maximum Gasteiger partial charge on any atom is 0.416 e. The summed E-state index contributed by atoms with van der Waals surface area (Å²) in [6, 6.07) is 3.88. The number of amides is 1. The van der Waals surface area contributed by atoms with Crippen LogP contribution in [0.2, 0.25) is 0 Å². The molecule has 0 aliphatic carbocycles. The van der Waals surface area contributed by atoms with Crippen molar-refractivity contribution in [3.63, 3.8) is 0 Å². The highest BCUT2D eigenvalue weighted by molar-refractivity contribution is 5.71. The predicted octanol–water partition coefficient (Wildman–Crippen LogP) is 7.31. The molecule has 1 aliphatic heterocycles. The van der Waals surface area contributed by atoms with Gasteiger partial charge in [-0.15, -0.1) is 0 Å². The fourth-order valence-corrected chi connectivity index (χ4v) is 4.91. The van der Waals surface area contributed by atoms with E-state index in [1.165, 1.54) is 14.2 Å². The average Bonchev–Trinajstić information content (AvgIpc) is 2.86. The Labute approximate surface area is 223 Å². The van der Waals surface area contributed by atoms with Gasteiger partial charge in [0.25, 0.3) is 0 Å². The van der Waals surface area contributed by atoms with Crippen molar-refractivity contribution in [2.24, 2.45) is 5.92 Å². The first kappa shape index (κ1) is 30.2. The molecule has 12 heteroatoms. The summed E-state index contributed by atoms with van der Waals surface area (Å²) in [5, 5.41) is 0. The molecule has 1 amide bonds. The molecule has 0 bridgehead atoms. The number of carbonyl (C=O) groups excluding carboxylic acids is 1. The van der Waals surface area contributed by atoms with Crippen LogP contribution in [0.1, 0.15) is 55.5 Å². The molecule has 3 rings (SSSR count). The predicted molar refractivity (Wildman–Crippen MR) is 133 cm³/mol. The van der Waals surface area contributed by atoms with Crippen LogP contribution in [0.15, 0.2) is 30.3 Å². The topological polar surface area (TPSA) is 51.2 Å². The molecule has 0 saturated heterocycles. The van der Waals surface area contributed by atoms with Gasteiger partial charge in [-0.3, -0.25) is 4.90 Å². The Balaban J connectivity index is 2.18.